The SMILES string of the molecule is COc1ccc(F)cc1CN1CCN(C(=O)COc2ccc(F)cc2Cl)CC1. The maximum atomic E-state index is 13.5. The lowest BCUT2D eigenvalue weighted by Crippen LogP contribution is -2.49. The van der Waals surface area contributed by atoms with Gasteiger partial charge in [0, 0.05) is 38.3 Å². The van der Waals surface area contributed by atoms with Crippen LogP contribution in [0, 0.1) is 11.6 Å². The number of piperazine rings is 1. The van der Waals surface area contributed by atoms with Crippen molar-refractivity contribution in [2.45, 2.75) is 6.54 Å². The van der Waals surface area contributed by atoms with E-state index < -0.39 is 5.82 Å². The quantitative estimate of drug-likeness (QED) is 0.732. The molecular weight excluding hydrogens is 390 g/mol. The number of amides is 1. The van der Waals surface area contributed by atoms with Crippen LogP contribution in [0.25, 0.3) is 0 Å². The van der Waals surface area contributed by atoms with Gasteiger partial charge in [-0.1, -0.05) is 11.6 Å². The van der Waals surface area contributed by atoms with Gasteiger partial charge in [0.25, 0.3) is 5.91 Å². The molecule has 1 fully saturated rings. The Labute approximate surface area is 167 Å². The second kappa shape index (κ2) is 9.21. The minimum atomic E-state index is -0.463. The molecule has 1 aliphatic rings. The van der Waals surface area contributed by atoms with Crippen molar-refractivity contribution in [1.29, 1.82) is 0 Å². The maximum absolute atomic E-state index is 13.5. The summed E-state index contributed by atoms with van der Waals surface area (Å²) >= 11 is 5.90. The van der Waals surface area contributed by atoms with Crippen molar-refractivity contribution in [2.75, 3.05) is 39.9 Å². The van der Waals surface area contributed by atoms with Gasteiger partial charge in [0.05, 0.1) is 12.1 Å². The fourth-order valence-electron chi connectivity index (χ4n) is 3.09. The van der Waals surface area contributed by atoms with Gasteiger partial charge in [-0.2, -0.15) is 0 Å². The van der Waals surface area contributed by atoms with E-state index in [9.17, 15) is 13.6 Å². The zero-order valence-corrected chi connectivity index (χ0v) is 16.2. The van der Waals surface area contributed by atoms with Gasteiger partial charge in [0.1, 0.15) is 23.1 Å². The molecule has 0 radical (unpaired) electrons. The number of halogens is 3. The third-order valence-electron chi connectivity index (χ3n) is 4.61. The molecule has 2 aromatic rings. The van der Waals surface area contributed by atoms with Crippen LogP contribution in [-0.2, 0) is 11.3 Å². The van der Waals surface area contributed by atoms with Crippen LogP contribution < -0.4 is 9.47 Å². The van der Waals surface area contributed by atoms with Crippen LogP contribution >= 0.6 is 11.6 Å². The predicted octanol–water partition coefficient (Wildman–Crippen LogP) is 3.35. The molecule has 0 N–H and O–H groups in total. The second-order valence-electron chi connectivity index (χ2n) is 6.48. The Kier molecular flexibility index (Phi) is 6.70. The van der Waals surface area contributed by atoms with E-state index in [4.69, 9.17) is 21.1 Å². The molecule has 2 aromatic carbocycles. The first-order valence-corrected chi connectivity index (χ1v) is 9.24. The van der Waals surface area contributed by atoms with E-state index in [2.05, 4.69) is 4.90 Å². The van der Waals surface area contributed by atoms with Gasteiger partial charge in [0.15, 0.2) is 6.61 Å². The zero-order chi connectivity index (χ0) is 20.1. The minimum Gasteiger partial charge on any atom is -0.496 e. The smallest absolute Gasteiger partial charge is 0.260 e. The van der Waals surface area contributed by atoms with E-state index >= 15 is 0 Å². The molecule has 0 bridgehead atoms. The highest BCUT2D eigenvalue weighted by molar-refractivity contribution is 6.32. The van der Waals surface area contributed by atoms with Crippen LogP contribution in [0.2, 0.25) is 5.02 Å². The molecule has 5 nitrogen and oxygen atoms in total. The highest BCUT2D eigenvalue weighted by Crippen LogP contribution is 2.25. The molecule has 0 atom stereocenters. The van der Waals surface area contributed by atoms with Crippen LogP contribution in [0.5, 0.6) is 11.5 Å². The first-order chi connectivity index (χ1) is 13.5. The van der Waals surface area contributed by atoms with Gasteiger partial charge in [-0.25, -0.2) is 8.78 Å². The summed E-state index contributed by atoms with van der Waals surface area (Å²) in [6, 6.07) is 8.21. The van der Waals surface area contributed by atoms with E-state index in [0.29, 0.717) is 38.5 Å². The van der Waals surface area contributed by atoms with Crippen molar-refractivity contribution < 1.29 is 23.0 Å². The second-order valence-corrected chi connectivity index (χ2v) is 6.88. The first kappa shape index (κ1) is 20.4. The van der Waals surface area contributed by atoms with Crippen LogP contribution in [-0.4, -0.2) is 55.6 Å². The Balaban J connectivity index is 1.49. The lowest BCUT2D eigenvalue weighted by Gasteiger charge is -2.34. The Bertz CT molecular complexity index is 842. The van der Waals surface area contributed by atoms with Crippen molar-refractivity contribution in [3.63, 3.8) is 0 Å². The molecule has 1 aliphatic heterocycles. The number of hydrogen-bond donors (Lipinski definition) is 0. The van der Waals surface area contributed by atoms with Gasteiger partial charge >= 0.3 is 0 Å². The van der Waals surface area contributed by atoms with Crippen LogP contribution in [0.1, 0.15) is 5.56 Å². The number of nitrogens with zero attached hydrogens (tertiary/aromatic N) is 2. The average Bonchev–Trinajstić information content (AvgIpc) is 2.68. The topological polar surface area (TPSA) is 42.0 Å². The van der Waals surface area contributed by atoms with Gasteiger partial charge in [0.2, 0.25) is 0 Å². The minimum absolute atomic E-state index is 0.127. The van der Waals surface area contributed by atoms with Crippen molar-refractivity contribution in [1.82, 2.24) is 9.80 Å². The third-order valence-corrected chi connectivity index (χ3v) is 4.90. The molecule has 1 amide bonds. The Morgan fingerprint density at radius 3 is 2.32 bits per heavy atom. The number of methoxy groups -OCH3 is 1. The molecule has 0 saturated carbocycles. The number of carbonyl (C=O) groups is 1. The van der Waals surface area contributed by atoms with Crippen molar-refractivity contribution >= 4 is 17.5 Å². The van der Waals surface area contributed by atoms with Crippen LogP contribution in [0.15, 0.2) is 36.4 Å². The molecule has 1 heterocycles. The van der Waals surface area contributed by atoms with Gasteiger partial charge in [-0.15, -0.1) is 0 Å². The van der Waals surface area contributed by atoms with E-state index in [1.165, 1.54) is 24.3 Å². The van der Waals surface area contributed by atoms with Crippen LogP contribution in [0.4, 0.5) is 8.78 Å². The fraction of sp³-hybridized carbons (Fsp3) is 0.350. The summed E-state index contributed by atoms with van der Waals surface area (Å²) < 4.78 is 37.3. The molecule has 0 aliphatic carbocycles. The highest BCUT2D eigenvalue weighted by Gasteiger charge is 2.22. The molecule has 0 spiro atoms. The fourth-order valence-corrected chi connectivity index (χ4v) is 3.31. The molecule has 8 heteroatoms. The summed E-state index contributed by atoms with van der Waals surface area (Å²) in [5.41, 5.74) is 0.775. The van der Waals surface area contributed by atoms with Crippen molar-refractivity contribution in [2.24, 2.45) is 0 Å². The zero-order valence-electron chi connectivity index (χ0n) is 15.5. The highest BCUT2D eigenvalue weighted by atomic mass is 35.5. The molecule has 3 rings (SSSR count). The van der Waals surface area contributed by atoms with Gasteiger partial charge in [-0.05, 0) is 36.4 Å². The number of rotatable bonds is 6. The number of carbonyl (C=O) groups excluding carboxylic acids is 1. The molecule has 0 aromatic heterocycles. The van der Waals surface area contributed by atoms with Crippen molar-refractivity contribution in [3.05, 3.63) is 58.6 Å². The molecular formula is C20H21ClF2N2O3. The largest absolute Gasteiger partial charge is 0.496 e. The summed E-state index contributed by atoms with van der Waals surface area (Å²) in [7, 11) is 1.56. The normalized spacial score (nSPS) is 14.8. The number of benzene rings is 2. The predicted molar refractivity (Wildman–Crippen MR) is 102 cm³/mol. The van der Waals surface area contributed by atoms with Gasteiger partial charge < -0.3 is 14.4 Å². The third kappa shape index (κ3) is 5.11. The van der Waals surface area contributed by atoms with E-state index in [1.54, 1.807) is 18.1 Å². The molecule has 0 unspecified atom stereocenters. The van der Waals surface area contributed by atoms with Crippen LogP contribution in [0.3, 0.4) is 0 Å². The summed E-state index contributed by atoms with van der Waals surface area (Å²) in [4.78, 5) is 16.2. The molecule has 150 valence electrons. The van der Waals surface area contributed by atoms with E-state index in [0.717, 1.165) is 11.6 Å². The lowest BCUT2D eigenvalue weighted by molar-refractivity contribution is -0.135. The summed E-state index contributed by atoms with van der Waals surface area (Å²) in [6.45, 7) is 2.77. The van der Waals surface area contributed by atoms with Crippen molar-refractivity contribution in [3.8, 4) is 11.5 Å². The summed E-state index contributed by atoms with van der Waals surface area (Å²) in [6.07, 6.45) is 0. The lowest BCUT2D eigenvalue weighted by atomic mass is 10.1. The standard InChI is InChI=1S/C20H21ClF2N2O3/c1-27-18-4-2-15(22)10-14(18)12-24-6-8-25(9-7-24)20(26)13-28-19-5-3-16(23)11-17(19)21/h2-5,10-11H,6-9,12-13H2,1H3. The summed E-state index contributed by atoms with van der Waals surface area (Å²) in [5.74, 6) is -0.0166. The Morgan fingerprint density at radius 2 is 1.68 bits per heavy atom. The molecule has 28 heavy (non-hydrogen) atoms. The molecule has 1 saturated heterocycles. The van der Waals surface area contributed by atoms with E-state index in [1.807, 2.05) is 0 Å². The van der Waals surface area contributed by atoms with E-state index in [-0.39, 0.29) is 29.1 Å². The maximum Gasteiger partial charge on any atom is 0.260 e. The number of ether oxygens (including phenoxy) is 2. The van der Waals surface area contributed by atoms with Gasteiger partial charge in [-0.3, -0.25) is 9.69 Å². The average molecular weight is 411 g/mol. The Hall–Kier alpha value is -2.38. The first-order valence-electron chi connectivity index (χ1n) is 8.86. The Morgan fingerprint density at radius 1 is 1.04 bits per heavy atom. The summed E-state index contributed by atoms with van der Waals surface area (Å²) in [5, 5.41) is 0.127. The number of hydrogen-bond acceptors (Lipinski definition) is 4. The monoisotopic (exact) mass is 410 g/mol.